The Bertz CT molecular complexity index is 1060. The number of carbonyl (C=O) groups excluding carboxylic acids is 1. The monoisotopic (exact) mass is 382 g/mol. The minimum Gasteiger partial charge on any atom is -0.350 e. The van der Waals surface area contributed by atoms with Crippen molar-refractivity contribution in [3.8, 4) is 0 Å². The molecule has 0 spiro atoms. The van der Waals surface area contributed by atoms with Crippen LogP contribution in [0, 0.1) is 23.2 Å². The molecule has 148 valence electrons. The Labute approximate surface area is 162 Å². The molecule has 7 nitrogen and oxygen atoms in total. The molecule has 28 heavy (non-hydrogen) atoms. The molecule has 1 N–H and O–H groups in total. The van der Waals surface area contributed by atoms with Gasteiger partial charge in [-0.3, -0.25) is 18.7 Å². The predicted molar refractivity (Wildman–Crippen MR) is 105 cm³/mol. The van der Waals surface area contributed by atoms with Gasteiger partial charge in [0.05, 0.1) is 5.39 Å². The van der Waals surface area contributed by atoms with E-state index in [0.717, 1.165) is 22.3 Å². The smallest absolute Gasteiger partial charge is 0.332 e. The lowest BCUT2D eigenvalue weighted by molar-refractivity contribution is -0.0503. The number of hydrogen-bond acceptors (Lipinski definition) is 4. The van der Waals surface area contributed by atoms with Crippen LogP contribution >= 0.6 is 0 Å². The van der Waals surface area contributed by atoms with Gasteiger partial charge in [-0.1, -0.05) is 0 Å². The van der Waals surface area contributed by atoms with Crippen molar-refractivity contribution in [2.75, 3.05) is 6.54 Å². The van der Waals surface area contributed by atoms with Gasteiger partial charge >= 0.3 is 5.69 Å². The van der Waals surface area contributed by atoms with Crippen molar-refractivity contribution in [2.24, 2.45) is 37.3 Å². The third-order valence-electron chi connectivity index (χ3n) is 7.32. The second kappa shape index (κ2) is 6.03. The van der Waals surface area contributed by atoms with Crippen LogP contribution in [0.3, 0.4) is 0 Å². The zero-order valence-electron chi connectivity index (χ0n) is 16.4. The molecule has 6 rings (SSSR count). The lowest BCUT2D eigenvalue weighted by Crippen LogP contribution is -2.51. The maximum absolute atomic E-state index is 12.8. The molecule has 0 unspecified atom stereocenters. The summed E-state index contributed by atoms with van der Waals surface area (Å²) in [6.07, 6.45) is 7.83. The van der Waals surface area contributed by atoms with Crippen LogP contribution in [0.4, 0.5) is 0 Å². The van der Waals surface area contributed by atoms with Crippen LogP contribution in [0.2, 0.25) is 0 Å². The van der Waals surface area contributed by atoms with Gasteiger partial charge in [0.15, 0.2) is 0 Å². The van der Waals surface area contributed by atoms with Crippen molar-refractivity contribution in [2.45, 2.75) is 38.5 Å². The zero-order chi connectivity index (χ0) is 19.6. The summed E-state index contributed by atoms with van der Waals surface area (Å²) in [5.41, 5.74) is -0.0948. The van der Waals surface area contributed by atoms with Crippen molar-refractivity contribution in [3.05, 3.63) is 38.7 Å². The van der Waals surface area contributed by atoms with Gasteiger partial charge in [-0.05, 0) is 73.8 Å². The molecule has 2 heterocycles. The van der Waals surface area contributed by atoms with Crippen LogP contribution in [-0.4, -0.2) is 26.6 Å². The Morgan fingerprint density at radius 1 is 1.07 bits per heavy atom. The van der Waals surface area contributed by atoms with E-state index in [4.69, 9.17) is 0 Å². The normalized spacial score (nSPS) is 30.7. The highest BCUT2D eigenvalue weighted by atomic mass is 16.2. The van der Waals surface area contributed by atoms with E-state index in [1.807, 2.05) is 0 Å². The second-order valence-corrected chi connectivity index (χ2v) is 9.37. The summed E-state index contributed by atoms with van der Waals surface area (Å²) in [6.45, 7) is 0.699. The Morgan fingerprint density at radius 2 is 1.68 bits per heavy atom. The van der Waals surface area contributed by atoms with E-state index in [2.05, 4.69) is 10.3 Å². The fourth-order valence-electron chi connectivity index (χ4n) is 6.45. The van der Waals surface area contributed by atoms with E-state index >= 15 is 0 Å². The Hall–Kier alpha value is -2.44. The Morgan fingerprint density at radius 3 is 2.29 bits per heavy atom. The van der Waals surface area contributed by atoms with Gasteiger partial charge in [0.25, 0.3) is 11.5 Å². The molecular weight excluding hydrogens is 356 g/mol. The van der Waals surface area contributed by atoms with Crippen LogP contribution in [0.1, 0.15) is 49.0 Å². The van der Waals surface area contributed by atoms with Gasteiger partial charge in [0.1, 0.15) is 11.3 Å². The number of nitrogens with one attached hydrogen (secondary N) is 1. The Kier molecular flexibility index (Phi) is 3.80. The average Bonchev–Trinajstić information content (AvgIpc) is 2.67. The molecule has 1 amide bonds. The van der Waals surface area contributed by atoms with Crippen molar-refractivity contribution >= 4 is 16.9 Å². The van der Waals surface area contributed by atoms with Crippen LogP contribution in [0.25, 0.3) is 11.0 Å². The van der Waals surface area contributed by atoms with Gasteiger partial charge in [-0.15, -0.1) is 0 Å². The number of aromatic nitrogens is 3. The fraction of sp³-hybridized carbons (Fsp3) is 0.619. The van der Waals surface area contributed by atoms with E-state index < -0.39 is 11.2 Å². The first-order valence-corrected chi connectivity index (χ1v) is 10.2. The van der Waals surface area contributed by atoms with Crippen molar-refractivity contribution in [1.29, 1.82) is 0 Å². The van der Waals surface area contributed by atoms with Crippen LogP contribution in [-0.2, 0) is 14.1 Å². The molecule has 2 aromatic heterocycles. The summed E-state index contributed by atoms with van der Waals surface area (Å²) in [5, 5.41) is 3.44. The van der Waals surface area contributed by atoms with E-state index in [1.165, 1.54) is 50.1 Å². The number of hydrogen-bond donors (Lipinski definition) is 1. The highest BCUT2D eigenvalue weighted by Crippen LogP contribution is 2.59. The topological polar surface area (TPSA) is 86.0 Å². The van der Waals surface area contributed by atoms with E-state index in [1.54, 1.807) is 19.2 Å². The van der Waals surface area contributed by atoms with E-state index in [0.29, 0.717) is 11.9 Å². The first kappa shape index (κ1) is 17.6. The molecule has 7 heteroatoms. The van der Waals surface area contributed by atoms with Gasteiger partial charge in [-0.2, -0.15) is 0 Å². The molecule has 4 aliphatic carbocycles. The first-order valence-electron chi connectivity index (χ1n) is 10.2. The number of amides is 1. The van der Waals surface area contributed by atoms with Gasteiger partial charge in [-0.25, -0.2) is 9.78 Å². The van der Waals surface area contributed by atoms with Crippen LogP contribution in [0.15, 0.2) is 21.7 Å². The zero-order valence-corrected chi connectivity index (χ0v) is 16.4. The van der Waals surface area contributed by atoms with Crippen molar-refractivity contribution in [1.82, 2.24) is 19.4 Å². The first-order chi connectivity index (χ1) is 13.3. The number of fused-ring (bicyclic) bond motifs is 1. The quantitative estimate of drug-likeness (QED) is 0.873. The molecule has 4 fully saturated rings. The molecule has 0 radical (unpaired) electrons. The average molecular weight is 382 g/mol. The summed E-state index contributed by atoms with van der Waals surface area (Å²) in [7, 11) is 3.00. The van der Waals surface area contributed by atoms with E-state index in [9.17, 15) is 14.4 Å². The Balaban J connectivity index is 1.39. The fourth-order valence-corrected chi connectivity index (χ4v) is 6.45. The third kappa shape index (κ3) is 2.63. The number of carbonyl (C=O) groups is 1. The molecule has 0 aromatic carbocycles. The molecular formula is C21H26N4O3. The van der Waals surface area contributed by atoms with Gasteiger partial charge in [0.2, 0.25) is 0 Å². The summed E-state index contributed by atoms with van der Waals surface area (Å²) >= 11 is 0. The van der Waals surface area contributed by atoms with Crippen molar-refractivity contribution < 1.29 is 4.79 Å². The third-order valence-corrected chi connectivity index (χ3v) is 7.32. The number of nitrogens with zero attached hydrogens (tertiary/aromatic N) is 3. The molecule has 4 aliphatic rings. The summed E-state index contributed by atoms with van der Waals surface area (Å²) in [6, 6.07) is 3.16. The summed E-state index contributed by atoms with van der Waals surface area (Å²) < 4.78 is 2.36. The van der Waals surface area contributed by atoms with Crippen LogP contribution in [0.5, 0.6) is 0 Å². The highest BCUT2D eigenvalue weighted by molar-refractivity contribution is 5.94. The lowest BCUT2D eigenvalue weighted by Gasteiger charge is -2.56. The maximum Gasteiger partial charge on any atom is 0.332 e. The molecule has 2 aromatic rings. The lowest BCUT2D eigenvalue weighted by atomic mass is 9.49. The minimum absolute atomic E-state index is 0.231. The highest BCUT2D eigenvalue weighted by Gasteiger charge is 2.50. The van der Waals surface area contributed by atoms with E-state index in [-0.39, 0.29) is 22.7 Å². The maximum atomic E-state index is 12.8. The minimum atomic E-state index is -0.448. The number of aryl methyl sites for hydroxylation is 1. The van der Waals surface area contributed by atoms with Crippen molar-refractivity contribution in [3.63, 3.8) is 0 Å². The number of rotatable bonds is 3. The second-order valence-electron chi connectivity index (χ2n) is 9.37. The number of pyridine rings is 1. The van der Waals surface area contributed by atoms with Crippen LogP contribution < -0.4 is 16.6 Å². The largest absolute Gasteiger partial charge is 0.350 e. The molecule has 0 atom stereocenters. The molecule has 4 saturated carbocycles. The molecule has 4 bridgehead atoms. The molecule has 0 aliphatic heterocycles. The SMILES string of the molecule is Cn1c(=O)c2ccc(C(=O)NCC34CC5CC(CC(C5)C3)C4)nc2n(C)c1=O. The summed E-state index contributed by atoms with van der Waals surface area (Å²) in [4.78, 5) is 41.6. The van der Waals surface area contributed by atoms with Gasteiger partial charge in [0, 0.05) is 20.6 Å². The van der Waals surface area contributed by atoms with Gasteiger partial charge < -0.3 is 5.32 Å². The standard InChI is InChI=1S/C21H26N4O3/c1-24-17-15(19(27)25(2)20(24)28)3-4-16(23-17)18(26)22-11-21-8-12-5-13(9-21)7-14(6-12)10-21/h3-4,12-14H,5-11H2,1-2H3,(H,22,26). The predicted octanol–water partition coefficient (Wildman–Crippen LogP) is 1.58. The summed E-state index contributed by atoms with van der Waals surface area (Å²) in [5.74, 6) is 2.29. The molecule has 0 saturated heterocycles.